The van der Waals surface area contributed by atoms with Crippen LogP contribution in [0.5, 0.6) is 0 Å². The van der Waals surface area contributed by atoms with Crippen molar-refractivity contribution < 1.29 is 8.42 Å². The summed E-state index contributed by atoms with van der Waals surface area (Å²) in [5.41, 5.74) is 9.13. The van der Waals surface area contributed by atoms with Gasteiger partial charge in [0.2, 0.25) is 5.03 Å². The second kappa shape index (κ2) is 5.26. The molecule has 0 amide bonds. The van der Waals surface area contributed by atoms with Crippen LogP contribution in [0.4, 0.5) is 5.69 Å². The number of hydrogen-bond donors (Lipinski definition) is 3. The Morgan fingerprint density at radius 1 is 1.30 bits per heavy atom. The number of aromatic amines is 1. The molecule has 0 spiro atoms. The first-order valence-corrected chi connectivity index (χ1v) is 7.67. The Labute approximate surface area is 118 Å². The Bertz CT molecular complexity index is 735. The topological polar surface area (TPSA) is 101 Å². The molecule has 0 radical (unpaired) electrons. The quantitative estimate of drug-likeness (QED) is 0.797. The van der Waals surface area contributed by atoms with Crippen LogP contribution in [-0.4, -0.2) is 18.6 Å². The van der Waals surface area contributed by atoms with Gasteiger partial charge in [-0.05, 0) is 38.0 Å². The van der Waals surface area contributed by atoms with Gasteiger partial charge in [0.1, 0.15) is 0 Å². The van der Waals surface area contributed by atoms with Gasteiger partial charge in [0.05, 0.1) is 5.69 Å². The fourth-order valence-corrected chi connectivity index (χ4v) is 3.26. The maximum atomic E-state index is 12.4. The third kappa shape index (κ3) is 2.68. The number of benzene rings is 1. The molecule has 7 heteroatoms. The number of aryl methyl sites for hydroxylation is 3. The molecule has 0 aliphatic heterocycles. The number of sulfonamides is 1. The van der Waals surface area contributed by atoms with Gasteiger partial charge in [-0.3, -0.25) is 9.82 Å². The average molecular weight is 294 g/mol. The van der Waals surface area contributed by atoms with Gasteiger partial charge in [-0.25, -0.2) is 0 Å². The van der Waals surface area contributed by atoms with Crippen LogP contribution in [0.2, 0.25) is 0 Å². The van der Waals surface area contributed by atoms with Crippen molar-refractivity contribution in [2.24, 2.45) is 5.73 Å². The van der Waals surface area contributed by atoms with Gasteiger partial charge in [0, 0.05) is 17.8 Å². The molecule has 0 saturated carbocycles. The molecule has 6 nitrogen and oxygen atoms in total. The molecule has 0 aliphatic rings. The van der Waals surface area contributed by atoms with Crippen molar-refractivity contribution in [1.82, 2.24) is 10.2 Å². The molecule has 2 rings (SSSR count). The molecular formula is C13H18N4O2S. The summed E-state index contributed by atoms with van der Waals surface area (Å²) < 4.78 is 27.4. The molecule has 1 aromatic heterocycles. The highest BCUT2D eigenvalue weighted by atomic mass is 32.2. The van der Waals surface area contributed by atoms with Crippen LogP contribution in [0.3, 0.4) is 0 Å². The van der Waals surface area contributed by atoms with Crippen molar-refractivity contribution in [2.45, 2.75) is 32.3 Å². The summed E-state index contributed by atoms with van der Waals surface area (Å²) in [6, 6.07) is 5.58. The first kappa shape index (κ1) is 14.5. The predicted molar refractivity (Wildman–Crippen MR) is 77.9 cm³/mol. The van der Waals surface area contributed by atoms with Crippen LogP contribution in [0, 0.1) is 20.8 Å². The van der Waals surface area contributed by atoms with Gasteiger partial charge in [0.25, 0.3) is 10.0 Å². The summed E-state index contributed by atoms with van der Waals surface area (Å²) in [6.45, 7) is 5.61. The molecule has 0 saturated heterocycles. The second-order valence-corrected chi connectivity index (χ2v) is 6.36. The summed E-state index contributed by atoms with van der Waals surface area (Å²) in [7, 11) is -3.75. The Hall–Kier alpha value is -1.86. The third-order valence-corrected chi connectivity index (χ3v) is 4.47. The van der Waals surface area contributed by atoms with Crippen LogP contribution in [0.15, 0.2) is 23.2 Å². The van der Waals surface area contributed by atoms with Crippen LogP contribution in [0.25, 0.3) is 0 Å². The molecule has 0 fully saturated rings. The fraction of sp³-hybridized carbons (Fsp3) is 0.308. The Morgan fingerprint density at radius 2 is 2.00 bits per heavy atom. The van der Waals surface area contributed by atoms with E-state index in [1.165, 1.54) is 0 Å². The van der Waals surface area contributed by atoms with Crippen molar-refractivity contribution in [2.75, 3.05) is 4.72 Å². The number of rotatable bonds is 4. The van der Waals surface area contributed by atoms with Gasteiger partial charge in [-0.1, -0.05) is 12.1 Å². The highest BCUT2D eigenvalue weighted by molar-refractivity contribution is 7.92. The van der Waals surface area contributed by atoms with E-state index in [1.807, 2.05) is 26.0 Å². The number of H-pyrrole nitrogens is 1. The van der Waals surface area contributed by atoms with Crippen molar-refractivity contribution in [3.05, 3.63) is 40.6 Å². The summed E-state index contributed by atoms with van der Waals surface area (Å²) in [5, 5.41) is 6.46. The number of nitrogens with one attached hydrogen (secondary N) is 2. The predicted octanol–water partition coefficient (Wildman–Crippen LogP) is 1.59. The molecule has 108 valence electrons. The van der Waals surface area contributed by atoms with Crippen LogP contribution >= 0.6 is 0 Å². The zero-order valence-electron chi connectivity index (χ0n) is 11.7. The van der Waals surface area contributed by atoms with E-state index in [0.29, 0.717) is 16.9 Å². The minimum Gasteiger partial charge on any atom is -0.326 e. The zero-order chi connectivity index (χ0) is 14.9. The lowest BCUT2D eigenvalue weighted by Gasteiger charge is -2.10. The summed E-state index contributed by atoms with van der Waals surface area (Å²) in [4.78, 5) is 0. The van der Waals surface area contributed by atoms with E-state index < -0.39 is 10.0 Å². The molecule has 1 heterocycles. The highest BCUT2D eigenvalue weighted by Gasteiger charge is 2.23. The van der Waals surface area contributed by atoms with E-state index in [-0.39, 0.29) is 11.6 Å². The zero-order valence-corrected chi connectivity index (χ0v) is 12.5. The Kier molecular flexibility index (Phi) is 3.82. The van der Waals surface area contributed by atoms with Crippen LogP contribution in [0.1, 0.15) is 22.4 Å². The number of nitrogens with two attached hydrogens (primary N) is 1. The maximum absolute atomic E-state index is 12.4. The minimum absolute atomic E-state index is 0.0431. The van der Waals surface area contributed by atoms with E-state index in [0.717, 1.165) is 11.1 Å². The highest BCUT2D eigenvalue weighted by Crippen LogP contribution is 2.22. The molecule has 2 aromatic rings. The lowest BCUT2D eigenvalue weighted by molar-refractivity contribution is 0.595. The molecule has 0 bridgehead atoms. The lowest BCUT2D eigenvalue weighted by atomic mass is 10.1. The normalized spacial score (nSPS) is 11.6. The SMILES string of the molecule is Cc1ccc(C)c(NS(=O)(=O)c2n[nH]c(C)c2CN)c1. The van der Waals surface area contributed by atoms with Crippen LogP contribution < -0.4 is 10.5 Å². The fourth-order valence-electron chi connectivity index (χ4n) is 1.93. The monoisotopic (exact) mass is 294 g/mol. The number of hydrogen-bond acceptors (Lipinski definition) is 4. The molecule has 0 atom stereocenters. The maximum Gasteiger partial charge on any atom is 0.281 e. The minimum atomic E-state index is -3.75. The van der Waals surface area contributed by atoms with Gasteiger partial charge in [-0.2, -0.15) is 13.5 Å². The van der Waals surface area contributed by atoms with Crippen molar-refractivity contribution in [1.29, 1.82) is 0 Å². The van der Waals surface area contributed by atoms with Crippen molar-refractivity contribution >= 4 is 15.7 Å². The molecular weight excluding hydrogens is 276 g/mol. The summed E-state index contributed by atoms with van der Waals surface area (Å²) in [6.07, 6.45) is 0. The Morgan fingerprint density at radius 3 is 2.65 bits per heavy atom. The standard InChI is InChI=1S/C13H18N4O2S/c1-8-4-5-9(2)12(6-8)17-20(18,19)13-11(7-14)10(3)15-16-13/h4-6,17H,7,14H2,1-3H3,(H,15,16). The van der Waals surface area contributed by atoms with Crippen LogP contribution in [-0.2, 0) is 16.6 Å². The van der Waals surface area contributed by atoms with E-state index in [4.69, 9.17) is 5.73 Å². The number of nitrogens with zero attached hydrogens (tertiary/aromatic N) is 1. The molecule has 0 aliphatic carbocycles. The molecule has 1 aromatic carbocycles. The summed E-state index contributed by atoms with van der Waals surface area (Å²) >= 11 is 0. The smallest absolute Gasteiger partial charge is 0.281 e. The number of anilines is 1. The largest absolute Gasteiger partial charge is 0.326 e. The first-order chi connectivity index (χ1) is 9.35. The molecule has 20 heavy (non-hydrogen) atoms. The van der Waals surface area contributed by atoms with Gasteiger partial charge in [-0.15, -0.1) is 0 Å². The van der Waals surface area contributed by atoms with E-state index >= 15 is 0 Å². The lowest BCUT2D eigenvalue weighted by Crippen LogP contribution is -2.17. The first-order valence-electron chi connectivity index (χ1n) is 6.19. The molecule has 0 unspecified atom stereocenters. The second-order valence-electron chi connectivity index (χ2n) is 4.76. The van der Waals surface area contributed by atoms with Crippen molar-refractivity contribution in [3.63, 3.8) is 0 Å². The Balaban J connectivity index is 2.43. The molecule has 4 N–H and O–H groups in total. The number of aromatic nitrogens is 2. The van der Waals surface area contributed by atoms with Gasteiger partial charge >= 0.3 is 0 Å². The van der Waals surface area contributed by atoms with E-state index in [2.05, 4.69) is 14.9 Å². The third-order valence-electron chi connectivity index (χ3n) is 3.13. The summed E-state index contributed by atoms with van der Waals surface area (Å²) in [5.74, 6) is 0. The van der Waals surface area contributed by atoms with E-state index in [1.54, 1.807) is 13.0 Å². The average Bonchev–Trinajstić information content (AvgIpc) is 2.75. The van der Waals surface area contributed by atoms with Crippen molar-refractivity contribution in [3.8, 4) is 0 Å². The van der Waals surface area contributed by atoms with Gasteiger partial charge in [0.15, 0.2) is 0 Å². The van der Waals surface area contributed by atoms with E-state index in [9.17, 15) is 8.42 Å². The van der Waals surface area contributed by atoms with Gasteiger partial charge < -0.3 is 5.73 Å².